The number of sulfonamides is 1. The monoisotopic (exact) mass is 470 g/mol. The van der Waals surface area contributed by atoms with Gasteiger partial charge in [-0.3, -0.25) is 4.79 Å². The van der Waals surface area contributed by atoms with E-state index in [4.69, 9.17) is 15.6 Å². The highest BCUT2D eigenvalue weighted by molar-refractivity contribution is 7.89. The lowest BCUT2D eigenvalue weighted by Gasteiger charge is -2.48. The van der Waals surface area contributed by atoms with Crippen molar-refractivity contribution in [2.24, 2.45) is 5.73 Å². The van der Waals surface area contributed by atoms with Crippen LogP contribution in [0.3, 0.4) is 0 Å². The van der Waals surface area contributed by atoms with Crippen molar-refractivity contribution in [3.8, 4) is 5.75 Å². The van der Waals surface area contributed by atoms with Gasteiger partial charge in [0.25, 0.3) is 0 Å². The molecule has 0 radical (unpaired) electrons. The zero-order valence-corrected chi connectivity index (χ0v) is 18.4. The van der Waals surface area contributed by atoms with Crippen LogP contribution in [-0.4, -0.2) is 42.9 Å². The predicted molar refractivity (Wildman–Crippen MR) is 120 cm³/mol. The van der Waals surface area contributed by atoms with Crippen molar-refractivity contribution >= 4 is 16.0 Å². The van der Waals surface area contributed by atoms with E-state index in [0.717, 1.165) is 0 Å². The molecule has 1 fully saturated rings. The number of ether oxygens (including phenoxy) is 1. The lowest BCUT2D eigenvalue weighted by Crippen LogP contribution is -2.64. The number of rotatable bonds is 8. The summed E-state index contributed by atoms with van der Waals surface area (Å²) >= 11 is 0. The standard InChI is InChI=1S/C24H23FN2O5S/c25-19-11-9-18(10-12-19)24(32-20-6-2-1-3-7-20)15-27(16-24)33(30,31)21-8-4-5-17(13-21)14-22(26)23(28)29/h1-13,22H,14-16,26H2,(H,28,29)/t22-/m0/s1. The molecular weight excluding hydrogens is 447 g/mol. The molecule has 0 saturated carbocycles. The summed E-state index contributed by atoms with van der Waals surface area (Å²) in [6, 6.07) is 19.8. The molecule has 1 atom stereocenters. The smallest absolute Gasteiger partial charge is 0.320 e. The summed E-state index contributed by atoms with van der Waals surface area (Å²) in [4.78, 5) is 11.1. The Morgan fingerprint density at radius 1 is 1.06 bits per heavy atom. The zero-order valence-electron chi connectivity index (χ0n) is 17.6. The molecule has 172 valence electrons. The van der Waals surface area contributed by atoms with Crippen LogP contribution in [0.25, 0.3) is 0 Å². The van der Waals surface area contributed by atoms with Crippen LogP contribution in [0.1, 0.15) is 11.1 Å². The Morgan fingerprint density at radius 2 is 1.73 bits per heavy atom. The number of carboxylic acids is 1. The van der Waals surface area contributed by atoms with E-state index in [9.17, 15) is 17.6 Å². The molecule has 3 N–H and O–H groups in total. The summed E-state index contributed by atoms with van der Waals surface area (Å²) in [5.41, 5.74) is 5.80. The number of hydrogen-bond acceptors (Lipinski definition) is 5. The van der Waals surface area contributed by atoms with Crippen molar-refractivity contribution in [2.75, 3.05) is 13.1 Å². The maximum Gasteiger partial charge on any atom is 0.320 e. The van der Waals surface area contributed by atoms with Gasteiger partial charge in [0.2, 0.25) is 10.0 Å². The minimum absolute atomic E-state index is 0.00925. The maximum absolute atomic E-state index is 13.5. The van der Waals surface area contributed by atoms with E-state index in [1.54, 1.807) is 36.4 Å². The average molecular weight is 471 g/mol. The number of benzene rings is 3. The molecule has 7 nitrogen and oxygen atoms in total. The van der Waals surface area contributed by atoms with E-state index in [1.165, 1.54) is 28.6 Å². The molecule has 4 rings (SSSR count). The van der Waals surface area contributed by atoms with E-state index in [0.29, 0.717) is 16.9 Å². The van der Waals surface area contributed by atoms with Gasteiger partial charge in [-0.15, -0.1) is 0 Å². The van der Waals surface area contributed by atoms with Crippen LogP contribution in [-0.2, 0) is 26.8 Å². The number of carbonyl (C=O) groups is 1. The highest BCUT2D eigenvalue weighted by Gasteiger charge is 2.52. The number of nitrogens with zero attached hydrogens (tertiary/aromatic N) is 1. The molecule has 33 heavy (non-hydrogen) atoms. The Kier molecular flexibility index (Phi) is 6.20. The third-order valence-corrected chi connectivity index (χ3v) is 7.39. The molecule has 9 heteroatoms. The van der Waals surface area contributed by atoms with Gasteiger partial charge in [0.1, 0.15) is 17.6 Å². The average Bonchev–Trinajstić information content (AvgIpc) is 2.77. The van der Waals surface area contributed by atoms with Crippen molar-refractivity contribution in [2.45, 2.75) is 23.0 Å². The number of hydrogen-bond donors (Lipinski definition) is 2. The van der Waals surface area contributed by atoms with Gasteiger partial charge in [0, 0.05) is 0 Å². The Morgan fingerprint density at radius 3 is 2.36 bits per heavy atom. The fraction of sp³-hybridized carbons (Fsp3) is 0.208. The Bertz CT molecular complexity index is 1240. The topological polar surface area (TPSA) is 110 Å². The van der Waals surface area contributed by atoms with E-state index >= 15 is 0 Å². The van der Waals surface area contributed by atoms with Gasteiger partial charge in [-0.25, -0.2) is 12.8 Å². The Balaban J connectivity index is 1.59. The normalized spacial score (nSPS) is 16.5. The van der Waals surface area contributed by atoms with Gasteiger partial charge in [-0.1, -0.05) is 42.5 Å². The van der Waals surface area contributed by atoms with Crippen molar-refractivity contribution < 1.29 is 27.4 Å². The van der Waals surface area contributed by atoms with E-state index in [2.05, 4.69) is 0 Å². The molecule has 1 aliphatic rings. The summed E-state index contributed by atoms with van der Waals surface area (Å²) in [7, 11) is -3.87. The van der Waals surface area contributed by atoms with Crippen LogP contribution in [0.2, 0.25) is 0 Å². The second kappa shape index (κ2) is 8.93. The molecule has 1 saturated heterocycles. The summed E-state index contributed by atoms with van der Waals surface area (Å²) in [5.74, 6) is -0.981. The molecule has 0 unspecified atom stereocenters. The maximum atomic E-state index is 13.5. The second-order valence-corrected chi connectivity index (χ2v) is 9.92. The molecule has 1 heterocycles. The van der Waals surface area contributed by atoms with Crippen LogP contribution in [0, 0.1) is 5.82 Å². The molecule has 3 aromatic rings. The largest absolute Gasteiger partial charge is 0.480 e. The lowest BCUT2D eigenvalue weighted by atomic mass is 9.87. The fourth-order valence-corrected chi connectivity index (χ4v) is 5.40. The molecule has 1 aliphatic heterocycles. The molecule has 0 amide bonds. The molecule has 0 spiro atoms. The Labute approximate surface area is 191 Å². The molecule has 0 bridgehead atoms. The lowest BCUT2D eigenvalue weighted by molar-refractivity contribution is -0.138. The molecule has 0 aliphatic carbocycles. The van der Waals surface area contributed by atoms with Crippen molar-refractivity contribution in [3.05, 3.63) is 95.8 Å². The predicted octanol–water partition coefficient (Wildman–Crippen LogP) is 2.76. The van der Waals surface area contributed by atoms with Gasteiger partial charge in [-0.05, 0) is 53.9 Å². The highest BCUT2D eigenvalue weighted by Crippen LogP contribution is 2.40. The third-order valence-electron chi connectivity index (χ3n) is 5.60. The number of nitrogens with two attached hydrogens (primary N) is 1. The summed E-state index contributed by atoms with van der Waals surface area (Å²) in [6.45, 7) is 0.0729. The van der Waals surface area contributed by atoms with Crippen molar-refractivity contribution in [1.82, 2.24) is 4.31 Å². The van der Waals surface area contributed by atoms with Crippen LogP contribution in [0.4, 0.5) is 4.39 Å². The van der Waals surface area contributed by atoms with E-state index in [1.807, 2.05) is 18.2 Å². The first-order valence-electron chi connectivity index (χ1n) is 10.3. The van der Waals surface area contributed by atoms with Gasteiger partial charge < -0.3 is 15.6 Å². The minimum Gasteiger partial charge on any atom is -0.480 e. The summed E-state index contributed by atoms with van der Waals surface area (Å²) in [6.07, 6.45) is 0.00925. The number of carboxylic acid groups (broad SMARTS) is 1. The van der Waals surface area contributed by atoms with Gasteiger partial charge >= 0.3 is 5.97 Å². The first-order chi connectivity index (χ1) is 15.7. The van der Waals surface area contributed by atoms with Crippen LogP contribution < -0.4 is 10.5 Å². The SMILES string of the molecule is N[C@@H](Cc1cccc(S(=O)(=O)N2CC(Oc3ccccc3)(c3ccc(F)cc3)C2)c1)C(=O)O. The Hall–Kier alpha value is -3.27. The first-order valence-corrected chi connectivity index (χ1v) is 11.7. The van der Waals surface area contributed by atoms with Gasteiger partial charge in [-0.2, -0.15) is 4.31 Å². The zero-order chi connectivity index (χ0) is 23.6. The molecular formula is C24H23FN2O5S. The first kappa shape index (κ1) is 22.9. The number of para-hydroxylation sites is 1. The highest BCUT2D eigenvalue weighted by atomic mass is 32.2. The van der Waals surface area contributed by atoms with Crippen LogP contribution >= 0.6 is 0 Å². The third kappa shape index (κ3) is 4.75. The number of aliphatic carboxylic acids is 1. The molecule has 0 aromatic heterocycles. The van der Waals surface area contributed by atoms with Crippen molar-refractivity contribution in [1.29, 1.82) is 0 Å². The van der Waals surface area contributed by atoms with Crippen LogP contribution in [0.15, 0.2) is 83.8 Å². The quantitative estimate of drug-likeness (QED) is 0.524. The minimum atomic E-state index is -3.87. The van der Waals surface area contributed by atoms with E-state index < -0.39 is 33.5 Å². The van der Waals surface area contributed by atoms with Gasteiger partial charge in [0.05, 0.1) is 18.0 Å². The second-order valence-electron chi connectivity index (χ2n) is 7.99. The van der Waals surface area contributed by atoms with Crippen LogP contribution in [0.5, 0.6) is 5.75 Å². The summed E-state index contributed by atoms with van der Waals surface area (Å²) in [5, 5.41) is 9.02. The number of halogens is 1. The van der Waals surface area contributed by atoms with Crippen molar-refractivity contribution in [3.63, 3.8) is 0 Å². The van der Waals surface area contributed by atoms with E-state index in [-0.39, 0.29) is 24.4 Å². The van der Waals surface area contributed by atoms with Gasteiger partial charge in [0.15, 0.2) is 5.60 Å². The summed E-state index contributed by atoms with van der Waals surface area (Å²) < 4.78 is 47.6. The molecule has 3 aromatic carbocycles. The fourth-order valence-electron chi connectivity index (χ4n) is 3.79.